The monoisotopic (exact) mass is 280 g/mol. The average Bonchev–Trinajstić information content (AvgIpc) is 2.91. The van der Waals surface area contributed by atoms with E-state index in [1.165, 1.54) is 32.1 Å². The van der Waals surface area contributed by atoms with E-state index in [-0.39, 0.29) is 17.6 Å². The van der Waals surface area contributed by atoms with Crippen LogP contribution in [0.5, 0.6) is 0 Å². The highest BCUT2D eigenvalue weighted by atomic mass is 16.5. The predicted molar refractivity (Wildman–Crippen MR) is 78.5 cm³/mol. The second kappa shape index (κ2) is 6.02. The Hall–Kier alpha value is -0.610. The fourth-order valence-corrected chi connectivity index (χ4v) is 4.08. The Labute approximate surface area is 122 Å². The molecular weight excluding hydrogens is 252 g/mol. The minimum atomic E-state index is -0.141. The van der Waals surface area contributed by atoms with Crippen LogP contribution in [0.4, 0.5) is 0 Å². The number of amides is 1. The molecule has 2 heterocycles. The van der Waals surface area contributed by atoms with Crippen LogP contribution in [0, 0.1) is 5.92 Å². The van der Waals surface area contributed by atoms with Crippen molar-refractivity contribution in [3.63, 3.8) is 0 Å². The maximum Gasteiger partial charge on any atom is 0.237 e. The van der Waals surface area contributed by atoms with Gasteiger partial charge in [-0.15, -0.1) is 0 Å². The van der Waals surface area contributed by atoms with Gasteiger partial charge in [-0.05, 0) is 51.4 Å². The Balaban J connectivity index is 1.47. The molecule has 2 saturated heterocycles. The number of hydrogen-bond donors (Lipinski definition) is 2. The number of fused-ring (bicyclic) bond motifs is 1. The minimum absolute atomic E-state index is 0.0133. The number of carbonyl (C=O) groups excluding carboxylic acids is 1. The lowest BCUT2D eigenvalue weighted by atomic mass is 9.77. The van der Waals surface area contributed by atoms with Crippen molar-refractivity contribution in [1.29, 1.82) is 0 Å². The standard InChI is InChI=1S/C16H28N2O2/c1-16(9-4-10-20-16)11-17-15(19)14-8-7-12-5-2-3-6-13(12)18-14/h12-14,18H,2-11H2,1H3,(H,17,19). The number of ether oxygens (including phenoxy) is 1. The predicted octanol–water partition coefficient (Wildman–Crippen LogP) is 1.98. The lowest BCUT2D eigenvalue weighted by Crippen LogP contribution is -2.56. The maximum atomic E-state index is 12.3. The van der Waals surface area contributed by atoms with Crippen LogP contribution in [0.2, 0.25) is 0 Å². The largest absolute Gasteiger partial charge is 0.373 e. The number of nitrogens with one attached hydrogen (secondary N) is 2. The third-order valence-electron chi connectivity index (χ3n) is 5.40. The Bertz CT molecular complexity index is 352. The molecule has 4 unspecified atom stereocenters. The van der Waals surface area contributed by atoms with Crippen LogP contribution >= 0.6 is 0 Å². The maximum absolute atomic E-state index is 12.3. The van der Waals surface area contributed by atoms with Crippen LogP contribution in [0.3, 0.4) is 0 Å². The first-order chi connectivity index (χ1) is 9.66. The van der Waals surface area contributed by atoms with Gasteiger partial charge >= 0.3 is 0 Å². The molecule has 3 fully saturated rings. The normalized spacial score (nSPS) is 41.1. The molecule has 3 aliphatic rings. The van der Waals surface area contributed by atoms with E-state index in [9.17, 15) is 4.79 Å². The molecule has 0 spiro atoms. The van der Waals surface area contributed by atoms with Crippen LogP contribution < -0.4 is 10.6 Å². The van der Waals surface area contributed by atoms with Gasteiger partial charge in [0.15, 0.2) is 0 Å². The summed E-state index contributed by atoms with van der Waals surface area (Å²) in [4.78, 5) is 12.3. The Morgan fingerprint density at radius 1 is 1.25 bits per heavy atom. The lowest BCUT2D eigenvalue weighted by Gasteiger charge is -2.40. The zero-order chi connectivity index (χ0) is 14.0. The molecule has 0 bridgehead atoms. The summed E-state index contributed by atoms with van der Waals surface area (Å²) in [7, 11) is 0. The van der Waals surface area contributed by atoms with Gasteiger partial charge < -0.3 is 15.4 Å². The van der Waals surface area contributed by atoms with E-state index in [0.717, 1.165) is 31.8 Å². The van der Waals surface area contributed by atoms with Gasteiger partial charge in [0.25, 0.3) is 0 Å². The third kappa shape index (κ3) is 3.17. The molecule has 0 aromatic carbocycles. The van der Waals surface area contributed by atoms with Gasteiger partial charge in [-0.25, -0.2) is 0 Å². The summed E-state index contributed by atoms with van der Waals surface area (Å²) in [5, 5.41) is 6.69. The number of hydrogen-bond acceptors (Lipinski definition) is 3. The minimum Gasteiger partial charge on any atom is -0.373 e. The third-order valence-corrected chi connectivity index (χ3v) is 5.40. The summed E-state index contributed by atoms with van der Waals surface area (Å²) in [6.45, 7) is 3.58. The zero-order valence-electron chi connectivity index (χ0n) is 12.6. The number of carbonyl (C=O) groups is 1. The van der Waals surface area contributed by atoms with Crippen molar-refractivity contribution < 1.29 is 9.53 Å². The highest BCUT2D eigenvalue weighted by molar-refractivity contribution is 5.82. The van der Waals surface area contributed by atoms with E-state index in [2.05, 4.69) is 17.6 Å². The molecule has 20 heavy (non-hydrogen) atoms. The SMILES string of the molecule is CC1(CNC(=O)C2CCC3CCCCC3N2)CCCO1. The number of piperidine rings is 1. The highest BCUT2D eigenvalue weighted by Gasteiger charge is 2.36. The van der Waals surface area contributed by atoms with Crippen LogP contribution in [0.25, 0.3) is 0 Å². The Morgan fingerprint density at radius 2 is 2.10 bits per heavy atom. The second-order valence-electron chi connectivity index (χ2n) is 7.07. The van der Waals surface area contributed by atoms with E-state index in [1.807, 2.05) is 0 Å². The van der Waals surface area contributed by atoms with Gasteiger partial charge in [0.1, 0.15) is 0 Å². The second-order valence-corrected chi connectivity index (χ2v) is 7.07. The molecule has 0 aromatic rings. The van der Waals surface area contributed by atoms with Crippen molar-refractivity contribution in [3.05, 3.63) is 0 Å². The average molecular weight is 280 g/mol. The smallest absolute Gasteiger partial charge is 0.237 e. The van der Waals surface area contributed by atoms with E-state index < -0.39 is 0 Å². The molecule has 1 saturated carbocycles. The van der Waals surface area contributed by atoms with Crippen molar-refractivity contribution in [1.82, 2.24) is 10.6 Å². The van der Waals surface area contributed by atoms with Gasteiger partial charge in [0.05, 0.1) is 11.6 Å². The van der Waals surface area contributed by atoms with Gasteiger partial charge in [-0.1, -0.05) is 12.8 Å². The Kier molecular flexibility index (Phi) is 4.32. The lowest BCUT2D eigenvalue weighted by molar-refractivity contribution is -0.125. The fourth-order valence-electron chi connectivity index (χ4n) is 4.08. The summed E-state index contributed by atoms with van der Waals surface area (Å²) in [5.41, 5.74) is -0.141. The van der Waals surface area contributed by atoms with Crippen molar-refractivity contribution in [2.45, 2.75) is 76.0 Å². The van der Waals surface area contributed by atoms with Crippen LogP contribution in [0.15, 0.2) is 0 Å². The van der Waals surface area contributed by atoms with Crippen LogP contribution in [-0.2, 0) is 9.53 Å². The van der Waals surface area contributed by atoms with E-state index in [1.54, 1.807) is 0 Å². The van der Waals surface area contributed by atoms with Crippen molar-refractivity contribution >= 4 is 5.91 Å². The van der Waals surface area contributed by atoms with E-state index in [0.29, 0.717) is 12.6 Å². The van der Waals surface area contributed by atoms with Gasteiger partial charge in [0.2, 0.25) is 5.91 Å². The molecule has 3 rings (SSSR count). The van der Waals surface area contributed by atoms with Gasteiger partial charge in [0, 0.05) is 19.2 Å². The number of rotatable bonds is 3. The van der Waals surface area contributed by atoms with Crippen LogP contribution in [0.1, 0.15) is 58.3 Å². The molecule has 1 amide bonds. The first-order valence-corrected chi connectivity index (χ1v) is 8.34. The summed E-state index contributed by atoms with van der Waals surface area (Å²) < 4.78 is 5.73. The first kappa shape index (κ1) is 14.3. The molecule has 2 aliphatic heterocycles. The van der Waals surface area contributed by atoms with Gasteiger partial charge in [-0.3, -0.25) is 4.79 Å². The van der Waals surface area contributed by atoms with Gasteiger partial charge in [-0.2, -0.15) is 0 Å². The van der Waals surface area contributed by atoms with Crippen molar-refractivity contribution in [2.75, 3.05) is 13.2 Å². The zero-order valence-corrected chi connectivity index (χ0v) is 12.6. The van der Waals surface area contributed by atoms with Crippen LogP contribution in [-0.4, -0.2) is 36.7 Å². The van der Waals surface area contributed by atoms with Crippen molar-refractivity contribution in [2.24, 2.45) is 5.92 Å². The molecule has 0 radical (unpaired) electrons. The summed E-state index contributed by atoms with van der Waals surface area (Å²) in [6.07, 6.45) is 9.64. The quantitative estimate of drug-likeness (QED) is 0.831. The fraction of sp³-hybridized carbons (Fsp3) is 0.938. The molecule has 0 aromatic heterocycles. The van der Waals surface area contributed by atoms with Crippen molar-refractivity contribution in [3.8, 4) is 0 Å². The molecule has 4 nitrogen and oxygen atoms in total. The summed E-state index contributed by atoms with van der Waals surface area (Å²) in [6, 6.07) is 0.589. The summed E-state index contributed by atoms with van der Waals surface area (Å²) >= 11 is 0. The molecule has 4 heteroatoms. The molecule has 2 N–H and O–H groups in total. The van der Waals surface area contributed by atoms with E-state index >= 15 is 0 Å². The van der Waals surface area contributed by atoms with E-state index in [4.69, 9.17) is 4.74 Å². The molecular formula is C16H28N2O2. The molecule has 4 atom stereocenters. The summed E-state index contributed by atoms with van der Waals surface area (Å²) in [5.74, 6) is 0.981. The molecule has 1 aliphatic carbocycles. The first-order valence-electron chi connectivity index (χ1n) is 8.34. The topological polar surface area (TPSA) is 50.4 Å². The molecule has 114 valence electrons. The Morgan fingerprint density at radius 3 is 2.90 bits per heavy atom. The highest BCUT2D eigenvalue weighted by Crippen LogP contribution is 2.32.